The van der Waals surface area contributed by atoms with Crippen LogP contribution in [-0.2, 0) is 0 Å². The highest BCUT2D eigenvalue weighted by Crippen LogP contribution is 2.16. The highest BCUT2D eigenvalue weighted by Gasteiger charge is 2.06. The van der Waals surface area contributed by atoms with Crippen LogP contribution in [0.15, 0.2) is 48.5 Å². The lowest BCUT2D eigenvalue weighted by molar-refractivity contribution is 0.106. The van der Waals surface area contributed by atoms with E-state index >= 15 is 0 Å². The molecule has 22 heavy (non-hydrogen) atoms. The van der Waals surface area contributed by atoms with Gasteiger partial charge in [-0.25, -0.2) is 0 Å². The van der Waals surface area contributed by atoms with Crippen LogP contribution in [0.25, 0.3) is 12.2 Å². The Balaban J connectivity index is 1.92. The fourth-order valence-corrected chi connectivity index (χ4v) is 1.85. The van der Waals surface area contributed by atoms with Gasteiger partial charge in [0.05, 0.1) is 19.8 Å². The molecule has 0 aliphatic carbocycles. The molecule has 0 spiro atoms. The zero-order valence-electron chi connectivity index (χ0n) is 12.4. The van der Waals surface area contributed by atoms with Crippen LogP contribution in [0.4, 0.5) is 5.69 Å². The average Bonchev–Trinajstić information content (AvgIpc) is 2.56. The number of aliphatic hydroxyl groups is 2. The largest absolute Gasteiger partial charge is 0.493 e. The summed E-state index contributed by atoms with van der Waals surface area (Å²) < 4.78 is 5.52. The summed E-state index contributed by atoms with van der Waals surface area (Å²) >= 11 is 0. The van der Waals surface area contributed by atoms with E-state index < -0.39 is 0 Å². The Kier molecular flexibility index (Phi) is 6.01. The van der Waals surface area contributed by atoms with Crippen molar-refractivity contribution in [1.29, 1.82) is 0 Å². The lowest BCUT2D eigenvalue weighted by Gasteiger charge is -2.12. The van der Waals surface area contributed by atoms with Crippen molar-refractivity contribution >= 4 is 17.8 Å². The molecule has 0 unspecified atom stereocenters. The van der Waals surface area contributed by atoms with Gasteiger partial charge >= 0.3 is 0 Å². The molecule has 4 N–H and O–H groups in total. The lowest BCUT2D eigenvalue weighted by atomic mass is 10.1. The van der Waals surface area contributed by atoms with E-state index in [1.165, 1.54) is 0 Å². The highest BCUT2D eigenvalue weighted by atomic mass is 16.5. The smallest absolute Gasteiger partial charge is 0.119 e. The molecule has 2 rings (SSSR count). The number of rotatable bonds is 7. The van der Waals surface area contributed by atoms with E-state index in [1.807, 2.05) is 60.7 Å². The first-order chi connectivity index (χ1) is 10.7. The molecule has 0 aliphatic heterocycles. The molecule has 0 bridgehead atoms. The van der Waals surface area contributed by atoms with Crippen molar-refractivity contribution in [3.8, 4) is 5.75 Å². The second kappa shape index (κ2) is 8.22. The molecule has 0 fully saturated rings. The number of nitrogen functional groups attached to an aromatic ring is 1. The van der Waals surface area contributed by atoms with E-state index in [0.29, 0.717) is 6.61 Å². The Labute approximate surface area is 130 Å². The van der Waals surface area contributed by atoms with Crippen LogP contribution in [0.5, 0.6) is 5.75 Å². The van der Waals surface area contributed by atoms with E-state index in [9.17, 15) is 0 Å². The Bertz CT molecular complexity index is 587. The first-order valence-electron chi connectivity index (χ1n) is 7.19. The summed E-state index contributed by atoms with van der Waals surface area (Å²) in [6, 6.07) is 15.3. The summed E-state index contributed by atoms with van der Waals surface area (Å²) in [5.74, 6) is 0.474. The van der Waals surface area contributed by atoms with Gasteiger partial charge in [-0.15, -0.1) is 0 Å². The monoisotopic (exact) mass is 299 g/mol. The average molecular weight is 299 g/mol. The molecule has 0 saturated carbocycles. The number of ether oxygens (including phenoxy) is 1. The fraction of sp³-hybridized carbons (Fsp3) is 0.222. The van der Waals surface area contributed by atoms with Gasteiger partial charge in [-0.3, -0.25) is 0 Å². The number of aliphatic hydroxyl groups excluding tert-OH is 2. The molecule has 0 amide bonds. The molecule has 2 aromatic carbocycles. The third-order valence-corrected chi connectivity index (χ3v) is 3.29. The van der Waals surface area contributed by atoms with Crippen LogP contribution in [-0.4, -0.2) is 30.0 Å². The van der Waals surface area contributed by atoms with Crippen molar-refractivity contribution in [2.24, 2.45) is 5.92 Å². The molecule has 0 heterocycles. The van der Waals surface area contributed by atoms with Crippen molar-refractivity contribution in [1.82, 2.24) is 0 Å². The normalized spacial score (nSPS) is 11.2. The SMILES string of the molecule is Nc1ccc(C=Cc2ccc(OCC(CO)CO)cc2)cc1. The quantitative estimate of drug-likeness (QED) is 0.542. The minimum absolute atomic E-state index is 0.0844. The number of anilines is 1. The third-order valence-electron chi connectivity index (χ3n) is 3.29. The molecule has 4 nitrogen and oxygen atoms in total. The predicted molar refractivity (Wildman–Crippen MR) is 89.4 cm³/mol. The van der Waals surface area contributed by atoms with Crippen molar-refractivity contribution in [3.63, 3.8) is 0 Å². The van der Waals surface area contributed by atoms with Crippen molar-refractivity contribution in [2.75, 3.05) is 25.6 Å². The van der Waals surface area contributed by atoms with E-state index in [1.54, 1.807) is 0 Å². The standard InChI is InChI=1S/C18H21NO3/c19-17-7-3-14(4-8-17)1-2-15-5-9-18(10-6-15)22-13-16(11-20)12-21/h1-10,16,20-21H,11-13,19H2. The van der Waals surface area contributed by atoms with Crippen LogP contribution in [0.2, 0.25) is 0 Å². The number of benzene rings is 2. The van der Waals surface area contributed by atoms with Gasteiger partial charge in [-0.2, -0.15) is 0 Å². The van der Waals surface area contributed by atoms with Gasteiger partial charge in [0.2, 0.25) is 0 Å². The molecular weight excluding hydrogens is 278 g/mol. The molecule has 116 valence electrons. The molecule has 0 atom stereocenters. The lowest BCUT2D eigenvalue weighted by Crippen LogP contribution is -2.19. The summed E-state index contributed by atoms with van der Waals surface area (Å²) in [7, 11) is 0. The van der Waals surface area contributed by atoms with Crippen LogP contribution < -0.4 is 10.5 Å². The Hall–Kier alpha value is -2.30. The third kappa shape index (κ3) is 4.91. The van der Waals surface area contributed by atoms with Gasteiger partial charge in [0.15, 0.2) is 0 Å². The zero-order valence-corrected chi connectivity index (χ0v) is 12.4. The van der Waals surface area contributed by atoms with Crippen LogP contribution in [0.1, 0.15) is 11.1 Å². The van der Waals surface area contributed by atoms with Crippen LogP contribution in [0, 0.1) is 5.92 Å². The summed E-state index contributed by atoms with van der Waals surface area (Å²) in [4.78, 5) is 0. The zero-order chi connectivity index (χ0) is 15.8. The fourth-order valence-electron chi connectivity index (χ4n) is 1.85. The Morgan fingerprint density at radius 1 is 0.864 bits per heavy atom. The van der Waals surface area contributed by atoms with Crippen molar-refractivity contribution < 1.29 is 14.9 Å². The van der Waals surface area contributed by atoms with E-state index in [-0.39, 0.29) is 19.1 Å². The first kappa shape index (κ1) is 16.1. The van der Waals surface area contributed by atoms with Crippen molar-refractivity contribution in [2.45, 2.75) is 0 Å². The first-order valence-corrected chi connectivity index (χ1v) is 7.19. The van der Waals surface area contributed by atoms with Gasteiger partial charge in [0, 0.05) is 11.6 Å². The van der Waals surface area contributed by atoms with E-state index in [0.717, 1.165) is 22.6 Å². The van der Waals surface area contributed by atoms with Gasteiger partial charge in [0.25, 0.3) is 0 Å². The summed E-state index contributed by atoms with van der Waals surface area (Å²) in [6.07, 6.45) is 4.03. The molecule has 0 aliphatic rings. The van der Waals surface area contributed by atoms with Gasteiger partial charge in [-0.1, -0.05) is 36.4 Å². The maximum absolute atomic E-state index is 8.99. The molecule has 4 heteroatoms. The summed E-state index contributed by atoms with van der Waals surface area (Å²) in [5.41, 5.74) is 8.55. The maximum Gasteiger partial charge on any atom is 0.119 e. The van der Waals surface area contributed by atoms with Crippen molar-refractivity contribution in [3.05, 3.63) is 59.7 Å². The van der Waals surface area contributed by atoms with Crippen LogP contribution >= 0.6 is 0 Å². The van der Waals surface area contributed by atoms with Gasteiger partial charge < -0.3 is 20.7 Å². The molecule has 2 aromatic rings. The number of nitrogens with two attached hydrogens (primary N) is 1. The summed E-state index contributed by atoms with van der Waals surface area (Å²) in [6.45, 7) is 0.130. The second-order valence-electron chi connectivity index (χ2n) is 5.11. The predicted octanol–water partition coefficient (Wildman–Crippen LogP) is 2.42. The number of hydrogen-bond donors (Lipinski definition) is 3. The minimum Gasteiger partial charge on any atom is -0.493 e. The Morgan fingerprint density at radius 3 is 1.86 bits per heavy atom. The topological polar surface area (TPSA) is 75.7 Å². The molecule has 0 saturated heterocycles. The summed E-state index contributed by atoms with van der Waals surface area (Å²) in [5, 5.41) is 18.0. The molecular formula is C18H21NO3. The van der Waals surface area contributed by atoms with Gasteiger partial charge in [-0.05, 0) is 35.4 Å². The molecule has 0 radical (unpaired) electrons. The second-order valence-corrected chi connectivity index (χ2v) is 5.11. The van der Waals surface area contributed by atoms with E-state index in [4.69, 9.17) is 20.7 Å². The molecule has 0 aromatic heterocycles. The minimum atomic E-state index is -0.245. The Morgan fingerprint density at radius 2 is 1.36 bits per heavy atom. The van der Waals surface area contributed by atoms with Gasteiger partial charge in [0.1, 0.15) is 5.75 Å². The number of hydrogen-bond acceptors (Lipinski definition) is 4. The van der Waals surface area contributed by atoms with Crippen LogP contribution in [0.3, 0.4) is 0 Å². The van der Waals surface area contributed by atoms with E-state index in [2.05, 4.69) is 0 Å². The maximum atomic E-state index is 8.99. The highest BCUT2D eigenvalue weighted by molar-refractivity contribution is 5.70.